The summed E-state index contributed by atoms with van der Waals surface area (Å²) in [6, 6.07) is 11.6. The summed E-state index contributed by atoms with van der Waals surface area (Å²) in [4.78, 5) is 0. The summed E-state index contributed by atoms with van der Waals surface area (Å²) >= 11 is 0. The number of halogens is 2. The maximum Gasteiger partial charge on any atom is 0.201 e. The van der Waals surface area contributed by atoms with E-state index in [0.717, 1.165) is 37.7 Å². The minimum absolute atomic E-state index is 0.0574. The third kappa shape index (κ3) is 8.85. The van der Waals surface area contributed by atoms with Crippen LogP contribution in [-0.2, 0) is 15.9 Å². The lowest BCUT2D eigenvalue weighted by Gasteiger charge is -2.30. The first kappa shape index (κ1) is 28.6. The summed E-state index contributed by atoms with van der Waals surface area (Å²) in [6.07, 6.45) is 13.5. The molecule has 1 saturated heterocycles. The van der Waals surface area contributed by atoms with Crippen molar-refractivity contribution < 1.29 is 23.0 Å². The number of unbranched alkanes of at least 4 members (excludes halogenated alkanes) is 9. The molecule has 36 heavy (non-hydrogen) atoms. The van der Waals surface area contributed by atoms with Crippen LogP contribution in [0.5, 0.6) is 5.75 Å². The molecule has 0 unspecified atom stereocenters. The maximum atomic E-state index is 14.7. The molecule has 0 atom stereocenters. The molecule has 1 aliphatic rings. The molecule has 1 heterocycles. The maximum absolute atomic E-state index is 14.7. The van der Waals surface area contributed by atoms with Crippen molar-refractivity contribution in [3.8, 4) is 5.75 Å². The second-order valence-electron chi connectivity index (χ2n) is 10.00. The molecule has 0 aliphatic carbocycles. The lowest BCUT2D eigenvalue weighted by atomic mass is 9.97. The van der Waals surface area contributed by atoms with E-state index in [4.69, 9.17) is 14.2 Å². The summed E-state index contributed by atoms with van der Waals surface area (Å²) in [5.74, 6) is -1.92. The van der Waals surface area contributed by atoms with Gasteiger partial charge in [-0.25, -0.2) is 4.39 Å². The number of hydrogen-bond acceptors (Lipinski definition) is 3. The van der Waals surface area contributed by atoms with Gasteiger partial charge in [0.15, 0.2) is 17.9 Å². The Balaban J connectivity index is 1.43. The molecule has 2 aromatic carbocycles. The fraction of sp³-hybridized carbons (Fsp3) is 0.613. The first-order valence-electron chi connectivity index (χ1n) is 14.1. The van der Waals surface area contributed by atoms with Crippen LogP contribution in [-0.4, -0.2) is 19.8 Å². The molecule has 0 bridgehead atoms. The molecule has 3 rings (SSSR count). The number of benzene rings is 2. The molecular weight excluding hydrogens is 458 g/mol. The molecule has 200 valence electrons. The van der Waals surface area contributed by atoms with E-state index in [0.29, 0.717) is 19.8 Å². The predicted molar refractivity (Wildman–Crippen MR) is 142 cm³/mol. The van der Waals surface area contributed by atoms with Gasteiger partial charge in [-0.3, -0.25) is 0 Å². The van der Waals surface area contributed by atoms with Crippen molar-refractivity contribution in [2.24, 2.45) is 0 Å². The Kier molecular flexibility index (Phi) is 12.7. The number of aryl methyl sites for hydroxylation is 1. The lowest BCUT2D eigenvalue weighted by Crippen LogP contribution is -2.26. The molecule has 0 amide bonds. The van der Waals surface area contributed by atoms with Crippen LogP contribution in [0.4, 0.5) is 8.78 Å². The summed E-state index contributed by atoms with van der Waals surface area (Å²) in [5.41, 5.74) is 2.58. The van der Waals surface area contributed by atoms with Crippen LogP contribution in [0.2, 0.25) is 0 Å². The highest BCUT2D eigenvalue weighted by atomic mass is 19.2. The molecule has 3 nitrogen and oxygen atoms in total. The van der Waals surface area contributed by atoms with Gasteiger partial charge in [0.05, 0.1) is 19.8 Å². The fourth-order valence-corrected chi connectivity index (χ4v) is 4.67. The van der Waals surface area contributed by atoms with Crippen LogP contribution < -0.4 is 4.74 Å². The Morgan fingerprint density at radius 2 is 1.33 bits per heavy atom. The van der Waals surface area contributed by atoms with Gasteiger partial charge in [-0.2, -0.15) is 4.39 Å². The lowest BCUT2D eigenvalue weighted by molar-refractivity contribution is -0.193. The normalized spacial score (nSPS) is 17.9. The minimum atomic E-state index is -0.978. The van der Waals surface area contributed by atoms with E-state index in [-0.39, 0.29) is 17.2 Å². The molecule has 1 aliphatic heterocycles. The third-order valence-electron chi connectivity index (χ3n) is 7.00. The van der Waals surface area contributed by atoms with Crippen molar-refractivity contribution >= 4 is 0 Å². The van der Waals surface area contributed by atoms with E-state index < -0.39 is 17.9 Å². The molecule has 0 N–H and O–H groups in total. The molecule has 1 fully saturated rings. The zero-order valence-electron chi connectivity index (χ0n) is 22.2. The highest BCUT2D eigenvalue weighted by molar-refractivity contribution is 5.32. The van der Waals surface area contributed by atoms with Crippen molar-refractivity contribution in [2.45, 2.75) is 103 Å². The van der Waals surface area contributed by atoms with Crippen molar-refractivity contribution in [1.82, 2.24) is 0 Å². The van der Waals surface area contributed by atoms with Gasteiger partial charge in [-0.15, -0.1) is 0 Å². The van der Waals surface area contributed by atoms with Gasteiger partial charge in [-0.1, -0.05) is 95.9 Å². The van der Waals surface area contributed by atoms with E-state index in [1.165, 1.54) is 62.6 Å². The van der Waals surface area contributed by atoms with Crippen LogP contribution in [0.1, 0.15) is 113 Å². The Hall–Kier alpha value is -1.98. The van der Waals surface area contributed by atoms with Crippen molar-refractivity contribution in [1.29, 1.82) is 0 Å². The fourth-order valence-electron chi connectivity index (χ4n) is 4.67. The Morgan fingerprint density at radius 1 is 0.722 bits per heavy atom. The zero-order valence-corrected chi connectivity index (χ0v) is 22.2. The Labute approximate surface area is 216 Å². The summed E-state index contributed by atoms with van der Waals surface area (Å²) in [7, 11) is 0. The highest BCUT2D eigenvalue weighted by Crippen LogP contribution is 2.34. The average Bonchev–Trinajstić information content (AvgIpc) is 2.91. The molecule has 0 radical (unpaired) electrons. The van der Waals surface area contributed by atoms with Gasteiger partial charge in [0.25, 0.3) is 0 Å². The topological polar surface area (TPSA) is 27.7 Å². The molecule has 5 heteroatoms. The number of hydrogen-bond donors (Lipinski definition) is 0. The molecule has 0 spiro atoms. The summed E-state index contributed by atoms with van der Waals surface area (Å²) < 4.78 is 46.3. The average molecular weight is 503 g/mol. The van der Waals surface area contributed by atoms with Gasteiger partial charge >= 0.3 is 0 Å². The highest BCUT2D eigenvalue weighted by Gasteiger charge is 2.28. The van der Waals surface area contributed by atoms with Crippen LogP contribution in [0.3, 0.4) is 0 Å². The first-order chi connectivity index (χ1) is 17.6. The van der Waals surface area contributed by atoms with Crippen molar-refractivity contribution in [2.75, 3.05) is 19.8 Å². The second-order valence-corrected chi connectivity index (χ2v) is 10.00. The summed E-state index contributed by atoms with van der Waals surface area (Å²) in [6.45, 7) is 5.56. The predicted octanol–water partition coefficient (Wildman–Crippen LogP) is 9.05. The van der Waals surface area contributed by atoms with Gasteiger partial charge in [0, 0.05) is 11.5 Å². The Morgan fingerprint density at radius 3 is 2.00 bits per heavy atom. The largest absolute Gasteiger partial charge is 0.490 e. The molecular formula is C31H44F2O3. The van der Waals surface area contributed by atoms with E-state index in [1.807, 2.05) is 0 Å². The van der Waals surface area contributed by atoms with Gasteiger partial charge < -0.3 is 14.2 Å². The van der Waals surface area contributed by atoms with Crippen LogP contribution in [0.25, 0.3) is 0 Å². The number of rotatable bonds is 16. The van der Waals surface area contributed by atoms with E-state index in [1.54, 1.807) is 0 Å². The smallest absolute Gasteiger partial charge is 0.201 e. The first-order valence-corrected chi connectivity index (χ1v) is 14.1. The van der Waals surface area contributed by atoms with Gasteiger partial charge in [-0.05, 0) is 42.5 Å². The van der Waals surface area contributed by atoms with Gasteiger partial charge in [0.2, 0.25) is 5.82 Å². The molecule has 2 aromatic rings. The monoisotopic (exact) mass is 502 g/mol. The van der Waals surface area contributed by atoms with Crippen LogP contribution in [0, 0.1) is 11.6 Å². The van der Waals surface area contributed by atoms with Crippen molar-refractivity contribution in [3.63, 3.8) is 0 Å². The molecule has 0 aromatic heterocycles. The van der Waals surface area contributed by atoms with E-state index in [9.17, 15) is 8.78 Å². The minimum Gasteiger partial charge on any atom is -0.490 e. The standard InChI is InChI=1S/C31H44F2O3/c1-3-5-7-9-10-11-12-14-24-15-17-25(18-16-24)26-22-35-31(36-23-26)27-19-20-28(30(33)29(27)32)34-21-13-8-6-4-2/h15-20,26,31H,3-14,21-23H2,1-2H3. The van der Waals surface area contributed by atoms with Crippen LogP contribution >= 0.6 is 0 Å². The number of ether oxygens (including phenoxy) is 3. The Bertz CT molecular complexity index is 876. The zero-order chi connectivity index (χ0) is 25.6. The van der Waals surface area contributed by atoms with E-state index >= 15 is 0 Å². The van der Waals surface area contributed by atoms with Crippen molar-refractivity contribution in [3.05, 3.63) is 64.7 Å². The summed E-state index contributed by atoms with van der Waals surface area (Å²) in [5, 5.41) is 0. The second kappa shape index (κ2) is 16.0. The third-order valence-corrected chi connectivity index (χ3v) is 7.00. The van der Waals surface area contributed by atoms with E-state index in [2.05, 4.69) is 38.1 Å². The van der Waals surface area contributed by atoms with Gasteiger partial charge in [0.1, 0.15) is 0 Å². The SMILES string of the molecule is CCCCCCCCCc1ccc(C2COC(c3ccc(OCCCCCC)c(F)c3F)OC2)cc1. The quantitative estimate of drug-likeness (QED) is 0.214. The molecule has 0 saturated carbocycles. The van der Waals surface area contributed by atoms with Crippen LogP contribution in [0.15, 0.2) is 36.4 Å².